The molecular weight excluding hydrogens is 381 g/mol. The van der Waals surface area contributed by atoms with E-state index in [1.807, 2.05) is 0 Å². The summed E-state index contributed by atoms with van der Waals surface area (Å²) in [7, 11) is 0. The summed E-state index contributed by atoms with van der Waals surface area (Å²) < 4.78 is 0. The van der Waals surface area contributed by atoms with Crippen molar-refractivity contribution in [1.29, 1.82) is 0 Å². The van der Waals surface area contributed by atoms with Crippen molar-refractivity contribution in [3.8, 4) is 0 Å². The Hall–Kier alpha value is 2.40. The smallest absolute Gasteiger partial charge is 0 e. The van der Waals surface area contributed by atoms with Crippen molar-refractivity contribution in [3.05, 3.63) is 0 Å². The fourth-order valence-electron chi connectivity index (χ4n) is 0. The molecule has 0 atom stereocenters. The molecule has 0 rings (SSSR count). The summed E-state index contributed by atoms with van der Waals surface area (Å²) >= 11 is 4.97. The molecule has 0 aromatic carbocycles. The molecule has 0 fully saturated rings. The van der Waals surface area contributed by atoms with Crippen LogP contribution in [0.25, 0.3) is 0 Å². The molecule has 4 heavy (non-hydrogen) atoms. The average molecular weight is 381 g/mol. The van der Waals surface area contributed by atoms with Crippen LogP contribution in [-0.2, 0) is 68.6 Å². The van der Waals surface area contributed by atoms with Crippen LogP contribution in [0.3, 0.4) is 0 Å². The molecule has 0 aromatic heterocycles. The van der Waals surface area contributed by atoms with E-state index in [1.54, 1.807) is 0 Å². The molecular formula is AuCuMnZn. The Balaban J connectivity index is -0.00000000500. The van der Waals surface area contributed by atoms with E-state index in [1.165, 1.54) is 0 Å². The van der Waals surface area contributed by atoms with E-state index in [2.05, 4.69) is 32.0 Å². The molecule has 0 nitrogen and oxygen atoms in total. The molecule has 0 amide bonds. The van der Waals surface area contributed by atoms with Gasteiger partial charge in [-0.05, 0) is 0 Å². The monoisotopic (exact) mass is 379 g/mol. The molecule has 0 aliphatic carbocycles. The fourth-order valence-corrected chi connectivity index (χ4v) is 0. The van der Waals surface area contributed by atoms with Crippen LogP contribution in [-0.4, -0.2) is 0 Å². The Bertz CT molecular complexity index is 8.00. The number of rotatable bonds is 0. The largest absolute Gasteiger partial charge is 0 e. The second kappa shape index (κ2) is 18.1. The summed E-state index contributed by atoms with van der Waals surface area (Å²) in [4.78, 5) is 0. The van der Waals surface area contributed by atoms with Gasteiger partial charge in [0.1, 0.15) is 0 Å². The Morgan fingerprint density at radius 3 is 1.25 bits per heavy atom. The summed E-state index contributed by atoms with van der Waals surface area (Å²) in [6, 6.07) is 0. The first kappa shape index (κ1) is 16.1. The van der Waals surface area contributed by atoms with Crippen LogP contribution in [0.5, 0.6) is 0 Å². The van der Waals surface area contributed by atoms with E-state index >= 15 is 0 Å². The van der Waals surface area contributed by atoms with E-state index in [9.17, 15) is 0 Å². The van der Waals surface area contributed by atoms with Gasteiger partial charge in [-0.15, -0.1) is 0 Å². The van der Waals surface area contributed by atoms with Crippen molar-refractivity contribution in [2.75, 3.05) is 0 Å². The van der Waals surface area contributed by atoms with Crippen molar-refractivity contribution >= 4 is 0 Å². The van der Waals surface area contributed by atoms with E-state index in [0.29, 0.717) is 0 Å². The molecule has 4 heteroatoms. The van der Waals surface area contributed by atoms with Gasteiger partial charge in [0.15, 0.2) is 0 Å². The van der Waals surface area contributed by atoms with Crippen LogP contribution < -0.4 is 0 Å². The molecule has 0 aliphatic rings. The van der Waals surface area contributed by atoms with Crippen LogP contribution in [0.1, 0.15) is 0 Å². The van der Waals surface area contributed by atoms with Gasteiger partial charge < -0.3 is 0 Å². The molecule has 0 saturated carbocycles. The maximum atomic E-state index is 2.88. The summed E-state index contributed by atoms with van der Waals surface area (Å²) in [5.41, 5.74) is 0. The Morgan fingerprint density at radius 1 is 1.25 bits per heavy atom. The first-order valence-electron chi connectivity index (χ1n) is 0.114. The fraction of sp³-hybridized carbons (Fsp3) is 0. The normalized spacial score (nSPS) is 1.75. The predicted octanol–water partition coefficient (Wildman–Crippen LogP) is -0.0100. The molecule has 0 spiro atoms. The predicted molar refractivity (Wildman–Crippen MR) is 0 cm³/mol. The minimum atomic E-state index is 0. The second-order valence-corrected chi connectivity index (χ2v) is 0. The zero-order chi connectivity index (χ0) is 2.00. The Kier molecular flexibility index (Phi) is 73.2. The molecule has 0 N–H and O–H groups in total. The zero-order valence-electron chi connectivity index (χ0n) is 1.69. The molecule has 1 radical (unpaired) electrons. The van der Waals surface area contributed by atoms with Crippen LogP contribution in [0.4, 0.5) is 0 Å². The topological polar surface area (TPSA) is 0 Å². The number of hydrogen-bond donors (Lipinski definition) is 0. The minimum Gasteiger partial charge on any atom is 0 e. The molecule has 31 valence electrons. The first-order chi connectivity index (χ1) is 1.00. The van der Waals surface area contributed by atoms with Crippen molar-refractivity contribution in [2.24, 2.45) is 0 Å². The van der Waals surface area contributed by atoms with Gasteiger partial charge in [-0.1, -0.05) is 0 Å². The Labute approximate surface area is 67.6 Å². The van der Waals surface area contributed by atoms with Gasteiger partial charge >= 0.3 is 32.0 Å². The molecule has 0 aliphatic heterocycles. The van der Waals surface area contributed by atoms with Gasteiger partial charge in [0, 0.05) is 36.5 Å². The standard InChI is InChI=1S/Au.Cu.Mn.Zn. The third-order valence-electron chi connectivity index (χ3n) is 0. The van der Waals surface area contributed by atoms with Gasteiger partial charge in [-0.25, -0.2) is 0 Å². The molecule has 0 aromatic rings. The first-order valence-corrected chi connectivity index (χ1v) is 3.85. The third kappa shape index (κ3) is 8.83. The second-order valence-electron chi connectivity index (χ2n) is 0. The van der Waals surface area contributed by atoms with E-state index in [-0.39, 0.29) is 36.5 Å². The van der Waals surface area contributed by atoms with Crippen LogP contribution in [0.2, 0.25) is 0 Å². The molecule has 0 unspecified atom stereocenters. The Morgan fingerprint density at radius 2 is 1.25 bits per heavy atom. The maximum absolute atomic E-state index is 2.88. The quantitative estimate of drug-likeness (QED) is 0.519. The zero-order valence-corrected chi connectivity index (χ0v) is 8.94. The van der Waals surface area contributed by atoms with E-state index in [4.69, 9.17) is 0 Å². The number of hydrogen-bond acceptors (Lipinski definition) is 0. The minimum absolute atomic E-state index is 0. The summed E-state index contributed by atoms with van der Waals surface area (Å²) in [6.07, 6.45) is 0. The van der Waals surface area contributed by atoms with E-state index < -0.39 is 0 Å². The van der Waals surface area contributed by atoms with Gasteiger partial charge in [-0.3, -0.25) is 0 Å². The van der Waals surface area contributed by atoms with Gasteiger partial charge in [-0.2, -0.15) is 0 Å². The van der Waals surface area contributed by atoms with Crippen LogP contribution in [0.15, 0.2) is 0 Å². The van der Waals surface area contributed by atoms with Crippen molar-refractivity contribution in [1.82, 2.24) is 0 Å². The van der Waals surface area contributed by atoms with Crippen LogP contribution in [0, 0.1) is 0 Å². The van der Waals surface area contributed by atoms with Crippen molar-refractivity contribution in [2.45, 2.75) is 0 Å². The molecule has 0 bridgehead atoms. The van der Waals surface area contributed by atoms with Gasteiger partial charge in [0.2, 0.25) is 0 Å². The van der Waals surface area contributed by atoms with Crippen LogP contribution >= 0.6 is 0 Å². The molecule has 0 heterocycles. The summed E-state index contributed by atoms with van der Waals surface area (Å²) in [6.45, 7) is 0. The van der Waals surface area contributed by atoms with Gasteiger partial charge in [0.05, 0.1) is 0 Å². The van der Waals surface area contributed by atoms with Crippen molar-refractivity contribution in [3.63, 3.8) is 0 Å². The third-order valence-corrected chi connectivity index (χ3v) is 0. The van der Waals surface area contributed by atoms with Gasteiger partial charge in [0.25, 0.3) is 0 Å². The summed E-state index contributed by atoms with van der Waals surface area (Å²) in [5, 5.41) is 0. The van der Waals surface area contributed by atoms with Crippen molar-refractivity contribution < 1.29 is 68.6 Å². The average Bonchev–Trinajstić information content (AvgIpc) is 1.00. The van der Waals surface area contributed by atoms with E-state index in [0.717, 1.165) is 0 Å². The SMILES string of the molecule is [Cu].[Mn][Au].[Zn]. The summed E-state index contributed by atoms with van der Waals surface area (Å²) in [5.74, 6) is 0. The maximum Gasteiger partial charge on any atom is 0 e. The molecule has 0 saturated heterocycles.